The molecule has 0 aliphatic carbocycles. The van der Waals surface area contributed by atoms with Crippen LogP contribution in [0.25, 0.3) is 0 Å². The molecule has 0 radical (unpaired) electrons. The highest BCUT2D eigenvalue weighted by atomic mass is 16.5. The van der Waals surface area contributed by atoms with Crippen molar-refractivity contribution in [3.05, 3.63) is 29.8 Å². The van der Waals surface area contributed by atoms with Crippen LogP contribution in [0.3, 0.4) is 0 Å². The van der Waals surface area contributed by atoms with Crippen molar-refractivity contribution in [2.45, 2.75) is 38.5 Å². The number of hydrogen-bond acceptors (Lipinski definition) is 5. The Labute approximate surface area is 139 Å². The van der Waals surface area contributed by atoms with Crippen molar-refractivity contribution in [3.8, 4) is 11.8 Å². The number of likely N-dealkylation sites (tertiary alicyclic amines) is 1. The summed E-state index contributed by atoms with van der Waals surface area (Å²) in [6.07, 6.45) is 1.86. The molecule has 1 unspecified atom stereocenters. The molecule has 1 aliphatic heterocycles. The van der Waals surface area contributed by atoms with E-state index < -0.39 is 6.10 Å². The molecule has 1 fully saturated rings. The summed E-state index contributed by atoms with van der Waals surface area (Å²) in [5, 5.41) is 18.1. The Bertz CT molecular complexity index is 504. The minimum atomic E-state index is -0.439. The molecule has 1 N–H and O–H groups in total. The lowest BCUT2D eigenvalue weighted by Crippen LogP contribution is -2.44. The van der Waals surface area contributed by atoms with Gasteiger partial charge in [0.2, 0.25) is 0 Å². The molecule has 1 aromatic rings. The molecule has 5 nitrogen and oxygen atoms in total. The van der Waals surface area contributed by atoms with Gasteiger partial charge >= 0.3 is 0 Å². The van der Waals surface area contributed by atoms with E-state index in [1.54, 1.807) is 6.92 Å². The van der Waals surface area contributed by atoms with E-state index in [2.05, 4.69) is 22.9 Å². The van der Waals surface area contributed by atoms with Crippen molar-refractivity contribution in [2.75, 3.05) is 33.3 Å². The van der Waals surface area contributed by atoms with Gasteiger partial charge < -0.3 is 14.7 Å². The van der Waals surface area contributed by atoms with E-state index in [0.29, 0.717) is 12.6 Å². The molecule has 0 amide bonds. The molecule has 1 atom stereocenters. The number of nitriles is 1. The number of rotatable bonds is 7. The highest BCUT2D eigenvalue weighted by Gasteiger charge is 2.22. The SMILES string of the molecule is CC(C#N)Oc1ccc(CN(CCO)C2CCN(C)CC2)cc1. The van der Waals surface area contributed by atoms with E-state index in [9.17, 15) is 5.11 Å². The number of nitrogens with zero attached hydrogens (tertiary/aromatic N) is 3. The third kappa shape index (κ3) is 5.51. The first-order valence-electron chi connectivity index (χ1n) is 8.31. The Morgan fingerprint density at radius 3 is 2.57 bits per heavy atom. The third-order valence-corrected chi connectivity index (χ3v) is 4.40. The first-order chi connectivity index (χ1) is 11.1. The van der Waals surface area contributed by atoms with E-state index in [-0.39, 0.29) is 6.61 Å². The van der Waals surface area contributed by atoms with Crippen LogP contribution in [-0.2, 0) is 6.54 Å². The second-order valence-electron chi connectivity index (χ2n) is 6.26. The highest BCUT2D eigenvalue weighted by Crippen LogP contribution is 2.20. The maximum Gasteiger partial charge on any atom is 0.181 e. The lowest BCUT2D eigenvalue weighted by Gasteiger charge is -2.37. The van der Waals surface area contributed by atoms with E-state index in [1.807, 2.05) is 24.3 Å². The Kier molecular flexibility index (Phi) is 6.85. The summed E-state index contributed by atoms with van der Waals surface area (Å²) in [6.45, 7) is 5.70. The first kappa shape index (κ1) is 17.7. The Morgan fingerprint density at radius 1 is 1.35 bits per heavy atom. The second-order valence-corrected chi connectivity index (χ2v) is 6.26. The van der Waals surface area contributed by atoms with E-state index in [0.717, 1.165) is 38.2 Å². The number of ether oxygens (including phenoxy) is 1. The van der Waals surface area contributed by atoms with Crippen LogP contribution in [0.4, 0.5) is 0 Å². The number of aliphatic hydroxyl groups excluding tert-OH is 1. The molecule has 23 heavy (non-hydrogen) atoms. The predicted molar refractivity (Wildman–Crippen MR) is 90.2 cm³/mol. The van der Waals surface area contributed by atoms with Crippen molar-refractivity contribution in [3.63, 3.8) is 0 Å². The van der Waals surface area contributed by atoms with Crippen molar-refractivity contribution in [1.29, 1.82) is 5.26 Å². The van der Waals surface area contributed by atoms with E-state index >= 15 is 0 Å². The lowest BCUT2D eigenvalue weighted by molar-refractivity contribution is 0.0941. The van der Waals surface area contributed by atoms with Crippen LogP contribution < -0.4 is 4.74 Å². The zero-order valence-electron chi connectivity index (χ0n) is 14.1. The van der Waals surface area contributed by atoms with Crippen LogP contribution in [0.15, 0.2) is 24.3 Å². The quantitative estimate of drug-likeness (QED) is 0.832. The summed E-state index contributed by atoms with van der Waals surface area (Å²) >= 11 is 0. The van der Waals surface area contributed by atoms with Gasteiger partial charge in [-0.2, -0.15) is 5.26 Å². The molecule has 5 heteroatoms. The number of aliphatic hydroxyl groups is 1. The molecule has 1 aliphatic rings. The maximum atomic E-state index is 9.37. The van der Waals surface area contributed by atoms with Crippen LogP contribution in [0.1, 0.15) is 25.3 Å². The Balaban J connectivity index is 1.95. The fourth-order valence-corrected chi connectivity index (χ4v) is 3.02. The molecule has 0 spiro atoms. The summed E-state index contributed by atoms with van der Waals surface area (Å²) in [5.74, 6) is 0.718. The van der Waals surface area contributed by atoms with Gasteiger partial charge in [-0.15, -0.1) is 0 Å². The summed E-state index contributed by atoms with van der Waals surface area (Å²) in [4.78, 5) is 4.73. The predicted octanol–water partition coefficient (Wildman–Crippen LogP) is 1.87. The van der Waals surface area contributed by atoms with E-state index in [4.69, 9.17) is 10.00 Å². The fraction of sp³-hybridized carbons (Fsp3) is 0.611. The average Bonchev–Trinajstić information content (AvgIpc) is 2.57. The number of piperidine rings is 1. The van der Waals surface area contributed by atoms with Crippen molar-refractivity contribution in [1.82, 2.24) is 9.80 Å². The topological polar surface area (TPSA) is 59.7 Å². The Hall–Kier alpha value is -1.61. The molecule has 1 saturated heterocycles. The van der Waals surface area contributed by atoms with Gasteiger partial charge in [0.25, 0.3) is 0 Å². The largest absolute Gasteiger partial charge is 0.476 e. The van der Waals surface area contributed by atoms with Crippen molar-refractivity contribution < 1.29 is 9.84 Å². The summed E-state index contributed by atoms with van der Waals surface area (Å²) < 4.78 is 5.48. The van der Waals surface area contributed by atoms with Crippen LogP contribution in [0.2, 0.25) is 0 Å². The van der Waals surface area contributed by atoms with Gasteiger partial charge in [0, 0.05) is 19.1 Å². The summed E-state index contributed by atoms with van der Waals surface area (Å²) in [6, 6.07) is 10.5. The molecule has 0 aromatic heterocycles. The van der Waals surface area contributed by atoms with Crippen LogP contribution >= 0.6 is 0 Å². The van der Waals surface area contributed by atoms with Gasteiger partial charge in [0.05, 0.1) is 6.61 Å². The second kappa shape index (κ2) is 8.88. The third-order valence-electron chi connectivity index (χ3n) is 4.40. The van der Waals surface area contributed by atoms with Crippen LogP contribution in [0, 0.1) is 11.3 Å². The van der Waals surface area contributed by atoms with Gasteiger partial charge in [-0.05, 0) is 57.6 Å². The standard InChI is InChI=1S/C18H27N3O2/c1-15(13-19)23-18-5-3-16(4-6-18)14-21(11-12-22)17-7-9-20(2)10-8-17/h3-6,15,17,22H,7-12,14H2,1-2H3. The van der Waals surface area contributed by atoms with Crippen LogP contribution in [0.5, 0.6) is 5.75 Å². The smallest absolute Gasteiger partial charge is 0.181 e. The van der Waals surface area contributed by atoms with Gasteiger partial charge in [0.1, 0.15) is 11.8 Å². The summed E-state index contributed by atoms with van der Waals surface area (Å²) in [5.41, 5.74) is 1.20. The molecule has 0 bridgehead atoms. The van der Waals surface area contributed by atoms with E-state index in [1.165, 1.54) is 5.56 Å². The van der Waals surface area contributed by atoms with Crippen molar-refractivity contribution >= 4 is 0 Å². The molecule has 0 saturated carbocycles. The Morgan fingerprint density at radius 2 is 2.00 bits per heavy atom. The van der Waals surface area contributed by atoms with Crippen molar-refractivity contribution in [2.24, 2.45) is 0 Å². The van der Waals surface area contributed by atoms with Gasteiger partial charge in [-0.3, -0.25) is 4.90 Å². The zero-order chi connectivity index (χ0) is 16.7. The number of hydrogen-bond donors (Lipinski definition) is 1. The first-order valence-corrected chi connectivity index (χ1v) is 8.31. The average molecular weight is 317 g/mol. The fourth-order valence-electron chi connectivity index (χ4n) is 3.02. The van der Waals surface area contributed by atoms with Crippen LogP contribution in [-0.4, -0.2) is 60.3 Å². The van der Waals surface area contributed by atoms with Gasteiger partial charge in [-0.1, -0.05) is 12.1 Å². The molecule has 1 heterocycles. The molecule has 2 rings (SSSR count). The monoisotopic (exact) mass is 317 g/mol. The minimum Gasteiger partial charge on any atom is -0.476 e. The molecular weight excluding hydrogens is 290 g/mol. The lowest BCUT2D eigenvalue weighted by atomic mass is 10.0. The minimum absolute atomic E-state index is 0.188. The van der Waals surface area contributed by atoms with Gasteiger partial charge in [0.15, 0.2) is 6.10 Å². The van der Waals surface area contributed by atoms with Gasteiger partial charge in [-0.25, -0.2) is 0 Å². The molecule has 126 valence electrons. The zero-order valence-corrected chi connectivity index (χ0v) is 14.1. The number of benzene rings is 1. The normalized spacial score (nSPS) is 17.9. The highest BCUT2D eigenvalue weighted by molar-refractivity contribution is 5.27. The molecule has 1 aromatic carbocycles. The molecular formula is C18H27N3O2. The summed E-state index contributed by atoms with van der Waals surface area (Å²) in [7, 11) is 2.16. The maximum absolute atomic E-state index is 9.37.